The molecule has 4 heterocycles. The van der Waals surface area contributed by atoms with Crippen molar-refractivity contribution < 1.29 is 9.47 Å². The third-order valence-corrected chi connectivity index (χ3v) is 6.07. The molecule has 2 aromatic heterocycles. The first-order chi connectivity index (χ1) is 12.7. The number of benzene rings is 1. The van der Waals surface area contributed by atoms with Gasteiger partial charge in [-0.2, -0.15) is 0 Å². The van der Waals surface area contributed by atoms with E-state index in [0.29, 0.717) is 38.0 Å². The molecule has 0 bridgehead atoms. The smallest absolute Gasteiger partial charge is 0.261 e. The molecule has 0 amide bonds. The van der Waals surface area contributed by atoms with Crippen molar-refractivity contribution in [2.75, 3.05) is 13.2 Å². The minimum absolute atomic E-state index is 0.0154. The summed E-state index contributed by atoms with van der Waals surface area (Å²) in [4.78, 5) is 23.4. The molecule has 5 rings (SSSR count). The molecule has 0 unspecified atom stereocenters. The topological polar surface area (TPSA) is 66.2 Å². The zero-order valence-corrected chi connectivity index (χ0v) is 15.3. The van der Waals surface area contributed by atoms with Crippen LogP contribution in [-0.2, 0) is 22.4 Å². The highest BCUT2D eigenvalue weighted by molar-refractivity contribution is 7.10. The van der Waals surface area contributed by atoms with E-state index in [0.717, 1.165) is 33.9 Å². The molecule has 0 saturated carbocycles. The highest BCUT2D eigenvalue weighted by Crippen LogP contribution is 2.32. The molecular formula is C19H19N3O3S. The largest absolute Gasteiger partial charge is 0.347 e. The summed E-state index contributed by atoms with van der Waals surface area (Å²) in [6.45, 7) is 3.87. The Morgan fingerprint density at radius 2 is 2.08 bits per heavy atom. The predicted molar refractivity (Wildman–Crippen MR) is 99.4 cm³/mol. The second-order valence-electron chi connectivity index (χ2n) is 6.83. The van der Waals surface area contributed by atoms with Crippen LogP contribution in [0.15, 0.2) is 28.5 Å². The lowest BCUT2D eigenvalue weighted by Gasteiger charge is -2.24. The van der Waals surface area contributed by atoms with Crippen molar-refractivity contribution in [3.8, 4) is 11.3 Å². The van der Waals surface area contributed by atoms with E-state index in [4.69, 9.17) is 14.5 Å². The molecule has 0 atom stereocenters. The van der Waals surface area contributed by atoms with E-state index in [1.165, 1.54) is 0 Å². The van der Waals surface area contributed by atoms with Crippen LogP contribution >= 0.6 is 11.3 Å². The standard InChI is InChI=1S/C19H19N3O3S/c1-12-17(20-11-26-12)13-2-3-14-15(10-13)21-16-4-5-19(24-8-9-25-19)6-7-22(16)18(14)23/h2-3,10-11H,4-9H2,1H3. The summed E-state index contributed by atoms with van der Waals surface area (Å²) >= 11 is 1.62. The van der Waals surface area contributed by atoms with Crippen LogP contribution in [0.4, 0.5) is 0 Å². The summed E-state index contributed by atoms with van der Waals surface area (Å²) < 4.78 is 13.5. The SMILES string of the molecule is Cc1scnc1-c1ccc2c(=O)n3c(nc2c1)CCC1(CC3)OCCO1. The number of rotatable bonds is 1. The second kappa shape index (κ2) is 5.97. The van der Waals surface area contributed by atoms with Crippen LogP contribution in [0.3, 0.4) is 0 Å². The Balaban J connectivity index is 1.61. The van der Waals surface area contributed by atoms with E-state index in [1.54, 1.807) is 15.9 Å². The van der Waals surface area contributed by atoms with Gasteiger partial charge in [-0.25, -0.2) is 9.97 Å². The average Bonchev–Trinajstić information content (AvgIpc) is 3.24. The van der Waals surface area contributed by atoms with Gasteiger partial charge in [0, 0.05) is 36.2 Å². The van der Waals surface area contributed by atoms with Gasteiger partial charge in [0.1, 0.15) is 5.82 Å². The molecule has 134 valence electrons. The molecular weight excluding hydrogens is 350 g/mol. The molecule has 6 nitrogen and oxygen atoms in total. The van der Waals surface area contributed by atoms with E-state index in [2.05, 4.69) is 11.9 Å². The number of hydrogen-bond acceptors (Lipinski definition) is 6. The van der Waals surface area contributed by atoms with Gasteiger partial charge in [-0.1, -0.05) is 6.07 Å². The third kappa shape index (κ3) is 2.50. The van der Waals surface area contributed by atoms with Gasteiger partial charge in [-0.15, -0.1) is 11.3 Å². The predicted octanol–water partition coefficient (Wildman–Crippen LogP) is 2.91. The van der Waals surface area contributed by atoms with E-state index in [9.17, 15) is 4.79 Å². The molecule has 0 radical (unpaired) electrons. The molecule has 1 aromatic carbocycles. The molecule has 2 aliphatic rings. The Labute approximate surface area is 154 Å². The lowest BCUT2D eigenvalue weighted by atomic mass is 10.1. The molecule has 1 saturated heterocycles. The molecule has 0 aliphatic carbocycles. The van der Waals surface area contributed by atoms with Gasteiger partial charge in [0.05, 0.1) is 35.3 Å². The van der Waals surface area contributed by atoms with Crippen molar-refractivity contribution in [3.63, 3.8) is 0 Å². The average molecular weight is 369 g/mol. The number of thiazole rings is 1. The number of aryl methyl sites for hydroxylation is 2. The molecule has 0 N–H and O–H groups in total. The fourth-order valence-corrected chi connectivity index (χ4v) is 4.51. The van der Waals surface area contributed by atoms with Crippen LogP contribution in [-0.4, -0.2) is 33.5 Å². The number of aromatic nitrogens is 3. The summed E-state index contributed by atoms with van der Waals surface area (Å²) in [7, 11) is 0. The molecule has 2 aliphatic heterocycles. The lowest BCUT2D eigenvalue weighted by molar-refractivity contribution is -0.165. The normalized spacial score (nSPS) is 19.0. The minimum Gasteiger partial charge on any atom is -0.347 e. The zero-order valence-electron chi connectivity index (χ0n) is 14.5. The number of hydrogen-bond donors (Lipinski definition) is 0. The van der Waals surface area contributed by atoms with E-state index >= 15 is 0 Å². The van der Waals surface area contributed by atoms with Crippen molar-refractivity contribution >= 4 is 22.2 Å². The maximum atomic E-state index is 13.0. The fraction of sp³-hybridized carbons (Fsp3) is 0.421. The first-order valence-electron chi connectivity index (χ1n) is 8.87. The Morgan fingerprint density at radius 1 is 1.23 bits per heavy atom. The highest BCUT2D eigenvalue weighted by Gasteiger charge is 2.38. The monoisotopic (exact) mass is 369 g/mol. The quantitative estimate of drug-likeness (QED) is 0.660. The van der Waals surface area contributed by atoms with Crippen molar-refractivity contribution in [3.05, 3.63) is 44.8 Å². The second-order valence-corrected chi connectivity index (χ2v) is 7.89. The molecule has 1 fully saturated rings. The van der Waals surface area contributed by atoms with Gasteiger partial charge in [0.2, 0.25) is 0 Å². The summed E-state index contributed by atoms with van der Waals surface area (Å²) in [6.07, 6.45) is 2.09. The Morgan fingerprint density at radius 3 is 2.85 bits per heavy atom. The first-order valence-corrected chi connectivity index (χ1v) is 9.75. The fourth-order valence-electron chi connectivity index (χ4n) is 3.91. The summed E-state index contributed by atoms with van der Waals surface area (Å²) in [5, 5.41) is 0.648. The Kier molecular flexibility index (Phi) is 3.70. The van der Waals surface area contributed by atoms with Crippen LogP contribution in [0.1, 0.15) is 23.5 Å². The maximum Gasteiger partial charge on any atom is 0.261 e. The minimum atomic E-state index is -0.546. The third-order valence-electron chi connectivity index (χ3n) is 5.31. The van der Waals surface area contributed by atoms with Crippen LogP contribution < -0.4 is 5.56 Å². The van der Waals surface area contributed by atoms with Crippen LogP contribution in [0.2, 0.25) is 0 Å². The van der Waals surface area contributed by atoms with Crippen LogP contribution in [0.25, 0.3) is 22.2 Å². The highest BCUT2D eigenvalue weighted by atomic mass is 32.1. The van der Waals surface area contributed by atoms with Crippen LogP contribution in [0.5, 0.6) is 0 Å². The van der Waals surface area contributed by atoms with Crippen molar-refractivity contribution in [2.24, 2.45) is 0 Å². The van der Waals surface area contributed by atoms with Gasteiger partial charge in [0.15, 0.2) is 5.79 Å². The van der Waals surface area contributed by atoms with E-state index in [-0.39, 0.29) is 5.56 Å². The van der Waals surface area contributed by atoms with Gasteiger partial charge >= 0.3 is 0 Å². The van der Waals surface area contributed by atoms with Gasteiger partial charge in [-0.3, -0.25) is 9.36 Å². The van der Waals surface area contributed by atoms with E-state index < -0.39 is 5.79 Å². The van der Waals surface area contributed by atoms with Crippen molar-refractivity contribution in [1.82, 2.24) is 14.5 Å². The Bertz CT molecular complexity index is 1050. The van der Waals surface area contributed by atoms with E-state index in [1.807, 2.05) is 23.7 Å². The first kappa shape index (κ1) is 16.1. The zero-order chi connectivity index (χ0) is 17.7. The molecule has 7 heteroatoms. The van der Waals surface area contributed by atoms with Crippen molar-refractivity contribution in [2.45, 2.75) is 38.5 Å². The number of ether oxygens (including phenoxy) is 2. The Hall–Kier alpha value is -2.09. The van der Waals surface area contributed by atoms with Crippen molar-refractivity contribution in [1.29, 1.82) is 0 Å². The molecule has 3 aromatic rings. The van der Waals surface area contributed by atoms with Gasteiger partial charge in [0.25, 0.3) is 5.56 Å². The lowest BCUT2D eigenvalue weighted by Crippen LogP contribution is -2.31. The summed E-state index contributed by atoms with van der Waals surface area (Å²) in [5.74, 6) is 0.264. The summed E-state index contributed by atoms with van der Waals surface area (Å²) in [5.41, 5.74) is 4.55. The summed E-state index contributed by atoms with van der Waals surface area (Å²) in [6, 6.07) is 5.81. The number of fused-ring (bicyclic) bond motifs is 2. The number of nitrogens with zero attached hydrogens (tertiary/aromatic N) is 3. The van der Waals surface area contributed by atoms with Gasteiger partial charge < -0.3 is 9.47 Å². The van der Waals surface area contributed by atoms with Crippen LogP contribution in [0, 0.1) is 6.92 Å². The van der Waals surface area contributed by atoms with Gasteiger partial charge in [-0.05, 0) is 19.1 Å². The maximum absolute atomic E-state index is 13.0. The molecule has 26 heavy (non-hydrogen) atoms. The molecule has 1 spiro atoms.